The van der Waals surface area contributed by atoms with Gasteiger partial charge in [0.15, 0.2) is 6.61 Å². The van der Waals surface area contributed by atoms with Crippen LogP contribution in [0.1, 0.15) is 0 Å². The molecule has 0 aliphatic heterocycles. The molecule has 0 atom stereocenters. The molecule has 3 aromatic rings. The van der Waals surface area contributed by atoms with Gasteiger partial charge >= 0.3 is 0 Å². The molecule has 0 spiro atoms. The number of para-hydroxylation sites is 1. The number of ether oxygens (including phenoxy) is 1. The normalized spacial score (nSPS) is 10.3. The number of aromatic nitrogens is 2. The van der Waals surface area contributed by atoms with E-state index in [1.165, 1.54) is 6.39 Å². The molecular weight excluding hydrogens is 362 g/mol. The van der Waals surface area contributed by atoms with Crippen LogP contribution < -0.4 is 10.1 Å². The van der Waals surface area contributed by atoms with Crippen molar-refractivity contribution in [2.75, 3.05) is 11.9 Å². The molecule has 3 rings (SSSR count). The van der Waals surface area contributed by atoms with Crippen molar-refractivity contribution in [3.8, 4) is 17.2 Å². The van der Waals surface area contributed by atoms with Gasteiger partial charge in [0.1, 0.15) is 5.75 Å². The molecule has 7 heteroatoms. The predicted octanol–water partition coefficient (Wildman–Crippen LogP) is 3.52. The smallest absolute Gasteiger partial charge is 0.262 e. The molecule has 23 heavy (non-hydrogen) atoms. The van der Waals surface area contributed by atoms with Crippen molar-refractivity contribution in [3.63, 3.8) is 0 Å². The first kappa shape index (κ1) is 15.2. The zero-order valence-electron chi connectivity index (χ0n) is 11.9. The Bertz CT molecular complexity index is 789. The predicted molar refractivity (Wildman–Crippen MR) is 88.0 cm³/mol. The quantitative estimate of drug-likeness (QED) is 0.740. The lowest BCUT2D eigenvalue weighted by atomic mass is 10.2. The summed E-state index contributed by atoms with van der Waals surface area (Å²) in [5.74, 6) is 0.775. The van der Waals surface area contributed by atoms with E-state index in [4.69, 9.17) is 9.15 Å². The van der Waals surface area contributed by atoms with Gasteiger partial charge in [-0.05, 0) is 52.3 Å². The standard InChI is InChI=1S/C16H12BrN3O3/c17-13-3-1-2-4-14(13)19-15(21)9-22-12-7-5-11(6-8-12)16-20-18-10-23-16/h1-8,10H,9H2,(H,19,21). The SMILES string of the molecule is O=C(COc1ccc(-c2nnco2)cc1)Nc1ccccc1Br. The largest absolute Gasteiger partial charge is 0.484 e. The summed E-state index contributed by atoms with van der Waals surface area (Å²) in [6.45, 7) is -0.0821. The fourth-order valence-corrected chi connectivity index (χ4v) is 2.27. The summed E-state index contributed by atoms with van der Waals surface area (Å²) in [6.07, 6.45) is 1.27. The highest BCUT2D eigenvalue weighted by Gasteiger charge is 2.07. The monoisotopic (exact) mass is 373 g/mol. The van der Waals surface area contributed by atoms with Gasteiger partial charge in [0.2, 0.25) is 12.3 Å². The van der Waals surface area contributed by atoms with E-state index >= 15 is 0 Å². The Morgan fingerprint density at radius 3 is 2.65 bits per heavy atom. The van der Waals surface area contributed by atoms with Crippen molar-refractivity contribution in [1.29, 1.82) is 0 Å². The summed E-state index contributed by atoms with van der Waals surface area (Å²) in [6, 6.07) is 14.4. The highest BCUT2D eigenvalue weighted by atomic mass is 79.9. The summed E-state index contributed by atoms with van der Waals surface area (Å²) in [7, 11) is 0. The van der Waals surface area contributed by atoms with E-state index in [0.717, 1.165) is 10.0 Å². The zero-order valence-corrected chi connectivity index (χ0v) is 13.5. The minimum Gasteiger partial charge on any atom is -0.484 e. The second-order valence-corrected chi connectivity index (χ2v) is 5.44. The maximum Gasteiger partial charge on any atom is 0.262 e. The number of hydrogen-bond donors (Lipinski definition) is 1. The molecule has 6 nitrogen and oxygen atoms in total. The first-order valence-corrected chi connectivity index (χ1v) is 7.55. The Labute approximate surface area is 140 Å². The molecule has 0 bridgehead atoms. The molecule has 1 heterocycles. The van der Waals surface area contributed by atoms with Crippen LogP contribution in [0.15, 0.2) is 63.8 Å². The van der Waals surface area contributed by atoms with Gasteiger partial charge in [0, 0.05) is 10.0 Å². The van der Waals surface area contributed by atoms with Crippen molar-refractivity contribution in [3.05, 3.63) is 59.4 Å². The van der Waals surface area contributed by atoms with Crippen molar-refractivity contribution >= 4 is 27.5 Å². The minimum absolute atomic E-state index is 0.0821. The average molecular weight is 374 g/mol. The van der Waals surface area contributed by atoms with Crippen LogP contribution >= 0.6 is 15.9 Å². The molecule has 0 radical (unpaired) electrons. The Kier molecular flexibility index (Phi) is 4.68. The van der Waals surface area contributed by atoms with E-state index < -0.39 is 0 Å². The third-order valence-electron chi connectivity index (χ3n) is 2.98. The fraction of sp³-hybridized carbons (Fsp3) is 0.0625. The van der Waals surface area contributed by atoms with Gasteiger partial charge in [-0.2, -0.15) is 0 Å². The Morgan fingerprint density at radius 1 is 1.17 bits per heavy atom. The van der Waals surface area contributed by atoms with Gasteiger partial charge in [-0.25, -0.2) is 0 Å². The molecule has 2 aromatic carbocycles. The lowest BCUT2D eigenvalue weighted by molar-refractivity contribution is -0.118. The third-order valence-corrected chi connectivity index (χ3v) is 3.67. The van der Waals surface area contributed by atoms with Crippen molar-refractivity contribution in [1.82, 2.24) is 10.2 Å². The number of benzene rings is 2. The van der Waals surface area contributed by atoms with Crippen LogP contribution in [0.2, 0.25) is 0 Å². The third kappa shape index (κ3) is 3.95. The molecular formula is C16H12BrN3O3. The summed E-state index contributed by atoms with van der Waals surface area (Å²) in [5, 5.41) is 10.2. The zero-order chi connectivity index (χ0) is 16.1. The second-order valence-electron chi connectivity index (χ2n) is 4.58. The van der Waals surface area contributed by atoms with E-state index in [1.54, 1.807) is 30.3 Å². The summed E-state index contributed by atoms with van der Waals surface area (Å²) in [4.78, 5) is 11.9. The number of carbonyl (C=O) groups is 1. The van der Waals surface area contributed by atoms with Crippen LogP contribution in [-0.2, 0) is 4.79 Å². The van der Waals surface area contributed by atoms with Gasteiger partial charge in [0.25, 0.3) is 5.91 Å². The van der Waals surface area contributed by atoms with Crippen LogP contribution in [0, 0.1) is 0 Å². The fourth-order valence-electron chi connectivity index (χ4n) is 1.89. The van der Waals surface area contributed by atoms with E-state index in [-0.39, 0.29) is 12.5 Å². The van der Waals surface area contributed by atoms with Crippen LogP contribution in [-0.4, -0.2) is 22.7 Å². The maximum atomic E-state index is 11.9. The summed E-state index contributed by atoms with van der Waals surface area (Å²) >= 11 is 3.37. The lowest BCUT2D eigenvalue weighted by Crippen LogP contribution is -2.20. The Balaban J connectivity index is 1.56. The number of nitrogens with one attached hydrogen (secondary N) is 1. The number of rotatable bonds is 5. The highest BCUT2D eigenvalue weighted by molar-refractivity contribution is 9.10. The molecule has 0 unspecified atom stereocenters. The number of anilines is 1. The first-order valence-electron chi connectivity index (χ1n) is 6.76. The summed E-state index contributed by atoms with van der Waals surface area (Å²) in [5.41, 5.74) is 1.49. The van der Waals surface area contributed by atoms with Gasteiger partial charge in [-0.1, -0.05) is 12.1 Å². The second kappa shape index (κ2) is 7.06. The van der Waals surface area contributed by atoms with E-state index in [0.29, 0.717) is 17.3 Å². The molecule has 0 aliphatic rings. The summed E-state index contributed by atoms with van der Waals surface area (Å²) < 4.78 is 11.4. The van der Waals surface area contributed by atoms with E-state index in [1.807, 2.05) is 18.2 Å². The van der Waals surface area contributed by atoms with Crippen LogP contribution in [0.3, 0.4) is 0 Å². The van der Waals surface area contributed by atoms with Gasteiger partial charge in [-0.15, -0.1) is 10.2 Å². The molecule has 1 amide bonds. The maximum absolute atomic E-state index is 11.9. The number of halogens is 1. The van der Waals surface area contributed by atoms with E-state index in [9.17, 15) is 4.79 Å². The van der Waals surface area contributed by atoms with Crippen molar-refractivity contribution < 1.29 is 13.9 Å². The van der Waals surface area contributed by atoms with Gasteiger partial charge < -0.3 is 14.5 Å². The lowest BCUT2D eigenvalue weighted by Gasteiger charge is -2.09. The molecule has 1 aromatic heterocycles. The highest BCUT2D eigenvalue weighted by Crippen LogP contribution is 2.22. The Hall–Kier alpha value is -2.67. The van der Waals surface area contributed by atoms with E-state index in [2.05, 4.69) is 31.4 Å². The van der Waals surface area contributed by atoms with Gasteiger partial charge in [-0.3, -0.25) is 4.79 Å². The average Bonchev–Trinajstić information content (AvgIpc) is 3.10. The van der Waals surface area contributed by atoms with Crippen LogP contribution in [0.25, 0.3) is 11.5 Å². The molecule has 0 saturated heterocycles. The number of hydrogen-bond acceptors (Lipinski definition) is 5. The number of carbonyl (C=O) groups excluding carboxylic acids is 1. The van der Waals surface area contributed by atoms with Crippen molar-refractivity contribution in [2.24, 2.45) is 0 Å². The molecule has 0 aliphatic carbocycles. The number of nitrogens with zero attached hydrogens (tertiary/aromatic N) is 2. The van der Waals surface area contributed by atoms with Crippen LogP contribution in [0.5, 0.6) is 5.75 Å². The van der Waals surface area contributed by atoms with Crippen molar-refractivity contribution in [2.45, 2.75) is 0 Å². The number of amides is 1. The topological polar surface area (TPSA) is 77.2 Å². The van der Waals surface area contributed by atoms with Gasteiger partial charge in [0.05, 0.1) is 5.69 Å². The molecule has 0 saturated carbocycles. The van der Waals surface area contributed by atoms with Crippen LogP contribution in [0.4, 0.5) is 5.69 Å². The molecule has 116 valence electrons. The first-order chi connectivity index (χ1) is 11.2. The molecule has 0 fully saturated rings. The Morgan fingerprint density at radius 2 is 1.96 bits per heavy atom. The minimum atomic E-state index is -0.238. The molecule has 1 N–H and O–H groups in total.